The van der Waals surface area contributed by atoms with Crippen molar-refractivity contribution >= 4 is 6.02 Å². The summed E-state index contributed by atoms with van der Waals surface area (Å²) in [6, 6.07) is 18.4. The SMILES string of the molecule is Cc1ccccc1OCC1(Cc2ccccc2)CN=C(N)O1. The van der Waals surface area contributed by atoms with Crippen LogP contribution in [0.15, 0.2) is 59.6 Å². The fourth-order valence-electron chi connectivity index (χ4n) is 2.62. The van der Waals surface area contributed by atoms with E-state index in [9.17, 15) is 0 Å². The van der Waals surface area contributed by atoms with Gasteiger partial charge in [0.05, 0.1) is 6.54 Å². The molecule has 114 valence electrons. The molecule has 1 unspecified atom stereocenters. The van der Waals surface area contributed by atoms with Gasteiger partial charge in [-0.3, -0.25) is 0 Å². The van der Waals surface area contributed by atoms with Crippen LogP contribution >= 0.6 is 0 Å². The predicted octanol–water partition coefficient (Wildman–Crippen LogP) is 2.70. The fraction of sp³-hybridized carbons (Fsp3) is 0.278. The number of rotatable bonds is 5. The Morgan fingerprint density at radius 2 is 1.86 bits per heavy atom. The van der Waals surface area contributed by atoms with Gasteiger partial charge in [-0.2, -0.15) is 0 Å². The lowest BCUT2D eigenvalue weighted by Crippen LogP contribution is -2.43. The molecule has 0 aliphatic carbocycles. The molecular weight excluding hydrogens is 276 g/mol. The van der Waals surface area contributed by atoms with Crippen molar-refractivity contribution in [2.45, 2.75) is 18.9 Å². The zero-order chi connectivity index (χ0) is 15.4. The van der Waals surface area contributed by atoms with Crippen LogP contribution in [-0.2, 0) is 11.2 Å². The number of amidine groups is 1. The molecule has 0 amide bonds. The molecule has 0 saturated carbocycles. The van der Waals surface area contributed by atoms with Crippen LogP contribution in [0.4, 0.5) is 0 Å². The summed E-state index contributed by atoms with van der Waals surface area (Å²) in [7, 11) is 0. The van der Waals surface area contributed by atoms with Crippen molar-refractivity contribution < 1.29 is 9.47 Å². The minimum Gasteiger partial charge on any atom is -0.489 e. The van der Waals surface area contributed by atoms with Gasteiger partial charge < -0.3 is 15.2 Å². The number of aliphatic imine (C=N–C) groups is 1. The number of hydrogen-bond donors (Lipinski definition) is 1. The molecule has 4 heteroatoms. The quantitative estimate of drug-likeness (QED) is 0.923. The lowest BCUT2D eigenvalue weighted by atomic mass is 9.95. The van der Waals surface area contributed by atoms with E-state index in [4.69, 9.17) is 15.2 Å². The van der Waals surface area contributed by atoms with Gasteiger partial charge in [0.2, 0.25) is 0 Å². The van der Waals surface area contributed by atoms with E-state index in [1.165, 1.54) is 5.56 Å². The molecule has 0 fully saturated rings. The van der Waals surface area contributed by atoms with Gasteiger partial charge >= 0.3 is 0 Å². The second-order valence-electron chi connectivity index (χ2n) is 5.66. The Labute approximate surface area is 130 Å². The van der Waals surface area contributed by atoms with Crippen LogP contribution in [0.25, 0.3) is 0 Å². The van der Waals surface area contributed by atoms with Crippen molar-refractivity contribution in [3.63, 3.8) is 0 Å². The van der Waals surface area contributed by atoms with Gasteiger partial charge in [0.15, 0.2) is 5.60 Å². The summed E-state index contributed by atoms with van der Waals surface area (Å²) in [5.74, 6) is 0.865. The predicted molar refractivity (Wildman–Crippen MR) is 87.1 cm³/mol. The normalized spacial score (nSPS) is 20.3. The smallest absolute Gasteiger partial charge is 0.282 e. The summed E-state index contributed by atoms with van der Waals surface area (Å²) >= 11 is 0. The average molecular weight is 296 g/mol. The van der Waals surface area contributed by atoms with Crippen molar-refractivity contribution in [2.24, 2.45) is 10.7 Å². The van der Waals surface area contributed by atoms with Gasteiger partial charge in [-0.05, 0) is 24.1 Å². The van der Waals surface area contributed by atoms with Gasteiger partial charge in [-0.15, -0.1) is 0 Å². The Hall–Kier alpha value is -2.49. The van der Waals surface area contributed by atoms with E-state index in [-0.39, 0.29) is 6.02 Å². The first-order valence-corrected chi connectivity index (χ1v) is 7.38. The minimum absolute atomic E-state index is 0.240. The van der Waals surface area contributed by atoms with Crippen molar-refractivity contribution in [3.05, 3.63) is 65.7 Å². The van der Waals surface area contributed by atoms with Crippen LogP contribution in [0.5, 0.6) is 5.75 Å². The topological polar surface area (TPSA) is 56.8 Å². The third kappa shape index (κ3) is 3.22. The highest BCUT2D eigenvalue weighted by molar-refractivity contribution is 5.73. The monoisotopic (exact) mass is 296 g/mol. The maximum atomic E-state index is 5.99. The van der Waals surface area contributed by atoms with Crippen molar-refractivity contribution in [3.8, 4) is 5.75 Å². The molecule has 22 heavy (non-hydrogen) atoms. The van der Waals surface area contributed by atoms with Gasteiger partial charge in [0.25, 0.3) is 6.02 Å². The number of para-hydroxylation sites is 1. The molecule has 4 nitrogen and oxygen atoms in total. The summed E-state index contributed by atoms with van der Waals surface area (Å²) in [6.07, 6.45) is 0.712. The number of hydrogen-bond acceptors (Lipinski definition) is 4. The summed E-state index contributed by atoms with van der Waals surface area (Å²) in [6.45, 7) is 2.95. The molecular formula is C18H20N2O2. The molecule has 2 aromatic carbocycles. The van der Waals surface area contributed by atoms with E-state index in [0.717, 1.165) is 11.3 Å². The highest BCUT2D eigenvalue weighted by Crippen LogP contribution is 2.26. The second-order valence-corrected chi connectivity index (χ2v) is 5.66. The van der Waals surface area contributed by atoms with Crippen LogP contribution in [-0.4, -0.2) is 24.8 Å². The Morgan fingerprint density at radius 1 is 1.14 bits per heavy atom. The molecule has 1 aliphatic heterocycles. The van der Waals surface area contributed by atoms with E-state index in [1.54, 1.807) is 0 Å². The maximum Gasteiger partial charge on any atom is 0.282 e. The molecule has 2 N–H and O–H groups in total. The number of aryl methyl sites for hydroxylation is 1. The van der Waals surface area contributed by atoms with Crippen molar-refractivity contribution in [1.29, 1.82) is 0 Å². The molecule has 0 radical (unpaired) electrons. The number of nitrogens with zero attached hydrogens (tertiary/aromatic N) is 1. The Bertz CT molecular complexity index is 670. The summed E-state index contributed by atoms with van der Waals surface area (Å²) in [5.41, 5.74) is 7.48. The maximum absolute atomic E-state index is 5.99. The van der Waals surface area contributed by atoms with Crippen LogP contribution < -0.4 is 10.5 Å². The molecule has 0 aromatic heterocycles. The van der Waals surface area contributed by atoms with E-state index >= 15 is 0 Å². The lowest BCUT2D eigenvalue weighted by Gasteiger charge is -2.28. The van der Waals surface area contributed by atoms with Crippen molar-refractivity contribution in [1.82, 2.24) is 0 Å². The standard InChI is InChI=1S/C18H20N2O2/c1-14-7-5-6-10-16(14)21-13-18(12-20-17(19)22-18)11-15-8-3-2-4-9-15/h2-10H,11-13H2,1H3,(H2,19,20). The first-order chi connectivity index (χ1) is 10.7. The second kappa shape index (κ2) is 6.10. The zero-order valence-corrected chi connectivity index (χ0v) is 12.7. The fourth-order valence-corrected chi connectivity index (χ4v) is 2.62. The molecule has 1 aliphatic rings. The number of nitrogens with two attached hydrogens (primary N) is 1. The highest BCUT2D eigenvalue weighted by atomic mass is 16.6. The zero-order valence-electron chi connectivity index (χ0n) is 12.7. The van der Waals surface area contributed by atoms with Crippen molar-refractivity contribution in [2.75, 3.05) is 13.2 Å². The molecule has 0 spiro atoms. The third-order valence-corrected chi connectivity index (χ3v) is 3.80. The lowest BCUT2D eigenvalue weighted by molar-refractivity contribution is 0.0323. The van der Waals surface area contributed by atoms with E-state index in [2.05, 4.69) is 17.1 Å². The van der Waals surface area contributed by atoms with E-state index in [1.807, 2.05) is 49.4 Å². The third-order valence-electron chi connectivity index (χ3n) is 3.80. The molecule has 0 bridgehead atoms. The highest BCUT2D eigenvalue weighted by Gasteiger charge is 2.38. The molecule has 1 atom stereocenters. The number of ether oxygens (including phenoxy) is 2. The van der Waals surface area contributed by atoms with Gasteiger partial charge in [-0.1, -0.05) is 48.5 Å². The Kier molecular flexibility index (Phi) is 4.00. The van der Waals surface area contributed by atoms with Gasteiger partial charge in [-0.25, -0.2) is 4.99 Å². The largest absolute Gasteiger partial charge is 0.489 e. The van der Waals surface area contributed by atoms with Crippen LogP contribution in [0.2, 0.25) is 0 Å². The van der Waals surface area contributed by atoms with E-state index in [0.29, 0.717) is 19.6 Å². The summed E-state index contributed by atoms with van der Waals surface area (Å²) in [4.78, 5) is 4.21. The molecule has 3 rings (SSSR count). The van der Waals surface area contributed by atoms with Gasteiger partial charge in [0, 0.05) is 6.42 Å². The minimum atomic E-state index is -0.534. The molecule has 0 saturated heterocycles. The van der Waals surface area contributed by atoms with Gasteiger partial charge in [0.1, 0.15) is 12.4 Å². The van der Waals surface area contributed by atoms with Crippen LogP contribution in [0.3, 0.4) is 0 Å². The molecule has 2 aromatic rings. The van der Waals surface area contributed by atoms with E-state index < -0.39 is 5.60 Å². The first kappa shape index (κ1) is 14.4. The Balaban J connectivity index is 1.74. The summed E-state index contributed by atoms with van der Waals surface area (Å²) in [5, 5.41) is 0. The van der Waals surface area contributed by atoms with Crippen LogP contribution in [0, 0.1) is 6.92 Å². The first-order valence-electron chi connectivity index (χ1n) is 7.38. The Morgan fingerprint density at radius 3 is 2.55 bits per heavy atom. The van der Waals surface area contributed by atoms with Crippen LogP contribution in [0.1, 0.15) is 11.1 Å². The molecule has 1 heterocycles. The average Bonchev–Trinajstić information content (AvgIpc) is 2.89. The summed E-state index contributed by atoms with van der Waals surface area (Å²) < 4.78 is 11.8. The number of benzene rings is 2.